The van der Waals surface area contributed by atoms with Gasteiger partial charge in [0.1, 0.15) is 11.3 Å². The van der Waals surface area contributed by atoms with Gasteiger partial charge in [0.15, 0.2) is 11.5 Å². The van der Waals surface area contributed by atoms with Gasteiger partial charge in [-0.3, -0.25) is 9.20 Å². The van der Waals surface area contributed by atoms with E-state index in [4.69, 9.17) is 15.5 Å². The lowest BCUT2D eigenvalue weighted by atomic mass is 10.1. The number of ether oxygens (including phenoxy) is 1. The van der Waals surface area contributed by atoms with E-state index in [1.54, 1.807) is 23.9 Å². The Bertz CT molecular complexity index is 1370. The quantitative estimate of drug-likeness (QED) is 0.300. The van der Waals surface area contributed by atoms with E-state index >= 15 is 0 Å². The summed E-state index contributed by atoms with van der Waals surface area (Å²) >= 11 is 0. The number of primary amides is 1. The number of hydrogen-bond acceptors (Lipinski definition) is 8. The Morgan fingerprint density at radius 2 is 1.94 bits per heavy atom. The van der Waals surface area contributed by atoms with Gasteiger partial charge in [0.2, 0.25) is 5.95 Å². The summed E-state index contributed by atoms with van der Waals surface area (Å²) in [6.45, 7) is 5.78. The lowest BCUT2D eigenvalue weighted by Crippen LogP contribution is -2.43. The van der Waals surface area contributed by atoms with Gasteiger partial charge in [-0.05, 0) is 24.6 Å². The Morgan fingerprint density at radius 3 is 2.67 bits per heavy atom. The first-order chi connectivity index (χ1) is 17.5. The molecule has 10 nitrogen and oxygen atoms in total. The van der Waals surface area contributed by atoms with Gasteiger partial charge in [-0.2, -0.15) is 4.98 Å². The molecule has 5 rings (SSSR count). The molecule has 10 heteroatoms. The number of carbonyl (C=O) groups is 1. The number of nitrogens with one attached hydrogen (secondary N) is 3. The van der Waals surface area contributed by atoms with Gasteiger partial charge in [0, 0.05) is 50.3 Å². The molecular formula is C26H30N8O2. The molecule has 186 valence electrons. The first-order valence-corrected chi connectivity index (χ1v) is 11.9. The first kappa shape index (κ1) is 23.4. The van der Waals surface area contributed by atoms with Gasteiger partial charge in [0.25, 0.3) is 5.91 Å². The van der Waals surface area contributed by atoms with Gasteiger partial charge < -0.3 is 31.3 Å². The highest BCUT2D eigenvalue weighted by atomic mass is 16.5. The lowest BCUT2D eigenvalue weighted by molar-refractivity contribution is 0.100. The van der Waals surface area contributed by atoms with Gasteiger partial charge in [-0.15, -0.1) is 0 Å². The van der Waals surface area contributed by atoms with E-state index in [-0.39, 0.29) is 11.6 Å². The van der Waals surface area contributed by atoms with Crippen LogP contribution in [0.5, 0.6) is 5.75 Å². The molecule has 2 aromatic heterocycles. The van der Waals surface area contributed by atoms with E-state index in [2.05, 4.69) is 25.8 Å². The number of amides is 1. The Hall–Kier alpha value is -4.31. The molecule has 1 aliphatic heterocycles. The minimum atomic E-state index is -0.625. The molecule has 0 unspecified atom stereocenters. The monoisotopic (exact) mass is 486 g/mol. The fraction of sp³-hybridized carbons (Fsp3) is 0.269. The third kappa shape index (κ3) is 4.63. The van der Waals surface area contributed by atoms with Crippen molar-refractivity contribution in [1.29, 1.82) is 0 Å². The number of rotatable bonds is 8. The molecular weight excluding hydrogens is 456 g/mol. The number of piperazine rings is 1. The lowest BCUT2D eigenvalue weighted by Gasteiger charge is -2.30. The molecule has 5 N–H and O–H groups in total. The van der Waals surface area contributed by atoms with Crippen molar-refractivity contribution in [1.82, 2.24) is 19.7 Å². The average molecular weight is 487 g/mol. The molecule has 1 fully saturated rings. The number of anilines is 4. The molecule has 0 spiro atoms. The molecule has 1 saturated heterocycles. The number of nitrogens with two attached hydrogens (primary N) is 1. The molecule has 2 aromatic carbocycles. The standard InChI is InChI=1S/C26H30N8O2/c1-17(18-6-4-3-5-7-18)30-26-32-24(22(23(27)35)25-29-12-15-34(25)26)31-20-9-8-19(16-21(20)36-2)33-13-10-28-11-14-33/h3-9,12,15-17,28,31H,10-11,13-14H2,1-2H3,(H2,27,35)(H,30,32)/t17-/m0/s1. The topological polar surface area (TPSA) is 122 Å². The first-order valence-electron chi connectivity index (χ1n) is 11.9. The Labute approximate surface area is 209 Å². The van der Waals surface area contributed by atoms with E-state index in [1.807, 2.05) is 55.5 Å². The molecule has 0 bridgehead atoms. The van der Waals surface area contributed by atoms with E-state index < -0.39 is 5.91 Å². The molecule has 1 atom stereocenters. The second-order valence-corrected chi connectivity index (χ2v) is 8.67. The van der Waals surface area contributed by atoms with E-state index in [0.717, 1.165) is 37.4 Å². The van der Waals surface area contributed by atoms with Crippen molar-refractivity contribution in [3.63, 3.8) is 0 Å². The van der Waals surface area contributed by atoms with Crippen LogP contribution in [0.4, 0.5) is 23.1 Å². The smallest absolute Gasteiger partial charge is 0.256 e. The van der Waals surface area contributed by atoms with Crippen LogP contribution < -0.4 is 31.3 Å². The largest absolute Gasteiger partial charge is 0.494 e. The van der Waals surface area contributed by atoms with Crippen LogP contribution in [0.3, 0.4) is 0 Å². The zero-order chi connectivity index (χ0) is 25.1. The number of fused-ring (bicyclic) bond motifs is 1. The Balaban J connectivity index is 1.52. The van der Waals surface area contributed by atoms with Crippen molar-refractivity contribution in [2.24, 2.45) is 5.73 Å². The number of nitrogens with zero attached hydrogens (tertiary/aromatic N) is 4. The Kier molecular flexibility index (Phi) is 6.59. The van der Waals surface area contributed by atoms with Crippen LogP contribution in [-0.4, -0.2) is 53.6 Å². The highest BCUT2D eigenvalue weighted by Crippen LogP contribution is 2.34. The van der Waals surface area contributed by atoms with Crippen LogP contribution in [-0.2, 0) is 0 Å². The summed E-state index contributed by atoms with van der Waals surface area (Å²) in [6, 6.07) is 16.0. The maximum absolute atomic E-state index is 12.5. The zero-order valence-corrected chi connectivity index (χ0v) is 20.4. The summed E-state index contributed by atoms with van der Waals surface area (Å²) < 4.78 is 7.42. The third-order valence-corrected chi connectivity index (χ3v) is 6.36. The van der Waals surface area contributed by atoms with Crippen LogP contribution in [0.2, 0.25) is 0 Å². The summed E-state index contributed by atoms with van der Waals surface area (Å²) in [5.74, 6) is 0.846. The van der Waals surface area contributed by atoms with Crippen molar-refractivity contribution < 1.29 is 9.53 Å². The van der Waals surface area contributed by atoms with Crippen LogP contribution in [0.25, 0.3) is 5.65 Å². The molecule has 3 heterocycles. The van der Waals surface area contributed by atoms with Gasteiger partial charge >= 0.3 is 0 Å². The van der Waals surface area contributed by atoms with Crippen molar-refractivity contribution in [2.75, 3.05) is 48.8 Å². The number of benzene rings is 2. The summed E-state index contributed by atoms with van der Waals surface area (Å²) in [7, 11) is 1.62. The molecule has 1 aliphatic rings. The minimum Gasteiger partial charge on any atom is -0.494 e. The second kappa shape index (κ2) is 10.1. The number of carbonyl (C=O) groups excluding carboxylic acids is 1. The summed E-state index contributed by atoms with van der Waals surface area (Å²) in [5.41, 5.74) is 9.26. The van der Waals surface area contributed by atoms with E-state index in [9.17, 15) is 4.79 Å². The average Bonchev–Trinajstić information content (AvgIpc) is 3.39. The third-order valence-electron chi connectivity index (χ3n) is 6.36. The summed E-state index contributed by atoms with van der Waals surface area (Å²) in [5, 5.41) is 10.1. The highest BCUT2D eigenvalue weighted by Gasteiger charge is 2.22. The van der Waals surface area contributed by atoms with Crippen LogP contribution in [0.1, 0.15) is 28.9 Å². The van der Waals surface area contributed by atoms with Gasteiger partial charge in [-0.25, -0.2) is 4.98 Å². The number of hydrogen-bond donors (Lipinski definition) is 4. The van der Waals surface area contributed by atoms with E-state index in [1.165, 1.54) is 0 Å². The molecule has 1 amide bonds. The van der Waals surface area contributed by atoms with Crippen LogP contribution >= 0.6 is 0 Å². The fourth-order valence-corrected chi connectivity index (χ4v) is 4.45. The van der Waals surface area contributed by atoms with Crippen molar-refractivity contribution >= 4 is 34.7 Å². The second-order valence-electron chi connectivity index (χ2n) is 8.67. The van der Waals surface area contributed by atoms with E-state index in [0.29, 0.717) is 28.9 Å². The molecule has 0 saturated carbocycles. The fourth-order valence-electron chi connectivity index (χ4n) is 4.45. The SMILES string of the molecule is COc1cc(N2CCNCC2)ccc1Nc1nc(N[C@@H](C)c2ccccc2)n2ccnc2c1C(N)=O. The normalized spacial score (nSPS) is 14.4. The molecule has 0 radical (unpaired) electrons. The van der Waals surface area contributed by atoms with Crippen LogP contribution in [0, 0.1) is 0 Å². The summed E-state index contributed by atoms with van der Waals surface area (Å²) in [4.78, 5) is 24.0. The van der Waals surface area contributed by atoms with Crippen molar-refractivity contribution in [3.05, 3.63) is 72.1 Å². The number of imidazole rings is 1. The zero-order valence-electron chi connectivity index (χ0n) is 20.4. The van der Waals surface area contributed by atoms with Crippen molar-refractivity contribution in [2.45, 2.75) is 13.0 Å². The summed E-state index contributed by atoms with van der Waals surface area (Å²) in [6.07, 6.45) is 3.37. The highest BCUT2D eigenvalue weighted by molar-refractivity contribution is 6.04. The maximum Gasteiger partial charge on any atom is 0.256 e. The molecule has 4 aromatic rings. The Morgan fingerprint density at radius 1 is 1.17 bits per heavy atom. The minimum absolute atomic E-state index is 0.0376. The van der Waals surface area contributed by atoms with Gasteiger partial charge in [-0.1, -0.05) is 30.3 Å². The van der Waals surface area contributed by atoms with Crippen LogP contribution in [0.15, 0.2) is 60.9 Å². The maximum atomic E-state index is 12.5. The predicted molar refractivity (Wildman–Crippen MR) is 141 cm³/mol. The van der Waals surface area contributed by atoms with Gasteiger partial charge in [0.05, 0.1) is 18.8 Å². The van der Waals surface area contributed by atoms with Crippen molar-refractivity contribution in [3.8, 4) is 5.75 Å². The molecule has 0 aliphatic carbocycles. The number of aromatic nitrogens is 3. The molecule has 36 heavy (non-hydrogen) atoms. The predicted octanol–water partition coefficient (Wildman–Crippen LogP) is 3.16. The number of methoxy groups -OCH3 is 1.